The van der Waals surface area contributed by atoms with Gasteiger partial charge in [-0.15, -0.1) is 11.3 Å². The second-order valence-electron chi connectivity index (χ2n) is 3.68. The van der Waals surface area contributed by atoms with Crippen molar-refractivity contribution in [2.75, 3.05) is 5.73 Å². The Balaban J connectivity index is 2.18. The number of nitrogens with two attached hydrogens (primary N) is 1. The molecule has 3 rings (SSSR count). The third-order valence-electron chi connectivity index (χ3n) is 2.53. The van der Waals surface area contributed by atoms with Crippen LogP contribution < -0.4 is 5.73 Å². The molecule has 3 heterocycles. The van der Waals surface area contributed by atoms with E-state index in [-0.39, 0.29) is 0 Å². The molecule has 0 aliphatic heterocycles. The summed E-state index contributed by atoms with van der Waals surface area (Å²) in [5, 5.41) is 6.99. The van der Waals surface area contributed by atoms with E-state index >= 15 is 0 Å². The number of H-pyrrole nitrogens is 1. The summed E-state index contributed by atoms with van der Waals surface area (Å²) in [6.07, 6.45) is 1.73. The number of hydrogen-bond acceptors (Lipinski definition) is 4. The molecule has 6 heteroatoms. The number of anilines is 1. The molecule has 18 heavy (non-hydrogen) atoms. The van der Waals surface area contributed by atoms with Gasteiger partial charge in [-0.05, 0) is 24.3 Å². The minimum atomic E-state index is 0.438. The highest BCUT2D eigenvalue weighted by Gasteiger charge is 2.16. The topological polar surface area (TPSA) is 67.6 Å². The molecule has 0 aliphatic rings. The Bertz CT molecular complexity index is 674. The van der Waals surface area contributed by atoms with Crippen LogP contribution in [0.15, 0.2) is 36.5 Å². The van der Waals surface area contributed by atoms with E-state index in [1.165, 1.54) is 11.3 Å². The number of nitrogen functional groups attached to an aromatic ring is 1. The van der Waals surface area contributed by atoms with Gasteiger partial charge in [0.1, 0.15) is 0 Å². The van der Waals surface area contributed by atoms with E-state index in [4.69, 9.17) is 17.3 Å². The molecule has 0 radical (unpaired) electrons. The minimum Gasteiger partial charge on any atom is -0.382 e. The van der Waals surface area contributed by atoms with E-state index in [0.29, 0.717) is 5.82 Å². The number of hydrogen-bond donors (Lipinski definition) is 2. The first kappa shape index (κ1) is 11.3. The molecular weight excluding hydrogens is 268 g/mol. The maximum Gasteiger partial charge on any atom is 0.155 e. The molecule has 3 aromatic heterocycles. The van der Waals surface area contributed by atoms with Crippen LogP contribution in [0.25, 0.3) is 21.8 Å². The molecule has 0 fully saturated rings. The summed E-state index contributed by atoms with van der Waals surface area (Å²) in [4.78, 5) is 5.30. The Morgan fingerprint density at radius 2 is 2.11 bits per heavy atom. The van der Waals surface area contributed by atoms with Crippen LogP contribution in [-0.4, -0.2) is 15.2 Å². The summed E-state index contributed by atoms with van der Waals surface area (Å²) in [6, 6.07) is 9.47. The van der Waals surface area contributed by atoms with Crippen LogP contribution in [-0.2, 0) is 0 Å². The van der Waals surface area contributed by atoms with Crippen molar-refractivity contribution < 1.29 is 0 Å². The van der Waals surface area contributed by atoms with Gasteiger partial charge < -0.3 is 5.73 Å². The van der Waals surface area contributed by atoms with Crippen LogP contribution in [0.4, 0.5) is 5.82 Å². The molecule has 0 aliphatic carbocycles. The van der Waals surface area contributed by atoms with E-state index in [9.17, 15) is 0 Å². The van der Waals surface area contributed by atoms with E-state index < -0.39 is 0 Å². The molecule has 0 unspecified atom stereocenters. The van der Waals surface area contributed by atoms with Gasteiger partial charge in [0.25, 0.3) is 0 Å². The molecule has 0 spiro atoms. The Labute approximate surface area is 112 Å². The van der Waals surface area contributed by atoms with Gasteiger partial charge >= 0.3 is 0 Å². The number of aromatic amines is 1. The number of rotatable bonds is 2. The molecule has 3 N–H and O–H groups in total. The van der Waals surface area contributed by atoms with E-state index in [1.54, 1.807) is 6.20 Å². The molecule has 0 bridgehead atoms. The second kappa shape index (κ2) is 4.44. The lowest BCUT2D eigenvalue weighted by Gasteiger charge is -2.01. The van der Waals surface area contributed by atoms with Crippen molar-refractivity contribution in [1.82, 2.24) is 15.2 Å². The van der Waals surface area contributed by atoms with Crippen LogP contribution in [0.2, 0.25) is 4.34 Å². The van der Waals surface area contributed by atoms with Gasteiger partial charge in [-0.1, -0.05) is 17.7 Å². The Morgan fingerprint density at radius 3 is 2.78 bits per heavy atom. The Kier molecular flexibility index (Phi) is 2.77. The third kappa shape index (κ3) is 1.87. The quantitative estimate of drug-likeness (QED) is 0.753. The number of thiophene rings is 1. The molecule has 0 aromatic carbocycles. The van der Waals surface area contributed by atoms with Gasteiger partial charge in [-0.2, -0.15) is 5.10 Å². The zero-order valence-corrected chi connectivity index (χ0v) is 10.8. The summed E-state index contributed by atoms with van der Waals surface area (Å²) >= 11 is 7.43. The zero-order valence-electron chi connectivity index (χ0n) is 9.22. The van der Waals surface area contributed by atoms with Crippen molar-refractivity contribution in [2.24, 2.45) is 0 Å². The molecule has 0 saturated heterocycles. The normalized spacial score (nSPS) is 10.7. The van der Waals surface area contributed by atoms with E-state index in [2.05, 4.69) is 15.2 Å². The minimum absolute atomic E-state index is 0.438. The lowest BCUT2D eigenvalue weighted by atomic mass is 10.1. The van der Waals surface area contributed by atoms with Crippen molar-refractivity contribution >= 4 is 28.8 Å². The van der Waals surface area contributed by atoms with Gasteiger partial charge in [0, 0.05) is 6.20 Å². The van der Waals surface area contributed by atoms with E-state index in [0.717, 1.165) is 26.2 Å². The maximum atomic E-state index is 5.95. The van der Waals surface area contributed by atoms with Crippen LogP contribution in [0.5, 0.6) is 0 Å². The fourth-order valence-electron chi connectivity index (χ4n) is 1.75. The van der Waals surface area contributed by atoms with Gasteiger partial charge in [0.2, 0.25) is 0 Å². The molecular formula is C12H9ClN4S. The molecule has 90 valence electrons. The average molecular weight is 277 g/mol. The van der Waals surface area contributed by atoms with Crippen LogP contribution in [0.3, 0.4) is 0 Å². The maximum absolute atomic E-state index is 5.95. The predicted molar refractivity (Wildman–Crippen MR) is 74.6 cm³/mol. The van der Waals surface area contributed by atoms with Crippen LogP contribution in [0.1, 0.15) is 0 Å². The van der Waals surface area contributed by atoms with Crippen molar-refractivity contribution in [3.63, 3.8) is 0 Å². The predicted octanol–water partition coefficient (Wildman–Crippen LogP) is 3.44. The highest BCUT2D eigenvalue weighted by atomic mass is 35.5. The SMILES string of the molecule is Nc1n[nH]c(-c2ccc(Cl)s2)c1-c1ccccn1. The smallest absolute Gasteiger partial charge is 0.155 e. The number of halogens is 1. The van der Waals surface area contributed by atoms with Crippen molar-refractivity contribution in [3.8, 4) is 21.8 Å². The van der Waals surface area contributed by atoms with Crippen molar-refractivity contribution in [3.05, 3.63) is 40.9 Å². The Morgan fingerprint density at radius 1 is 1.22 bits per heavy atom. The monoisotopic (exact) mass is 276 g/mol. The number of nitrogens with zero attached hydrogens (tertiary/aromatic N) is 2. The Hall–Kier alpha value is -1.85. The zero-order chi connectivity index (χ0) is 12.5. The van der Waals surface area contributed by atoms with Crippen molar-refractivity contribution in [1.29, 1.82) is 0 Å². The lowest BCUT2D eigenvalue weighted by molar-refractivity contribution is 1.11. The molecule has 4 nitrogen and oxygen atoms in total. The second-order valence-corrected chi connectivity index (χ2v) is 5.39. The summed E-state index contributed by atoms with van der Waals surface area (Å²) in [7, 11) is 0. The van der Waals surface area contributed by atoms with Crippen LogP contribution in [0, 0.1) is 0 Å². The molecule has 0 atom stereocenters. The fourth-order valence-corrected chi connectivity index (χ4v) is 2.80. The lowest BCUT2D eigenvalue weighted by Crippen LogP contribution is -1.90. The van der Waals surface area contributed by atoms with Gasteiger partial charge in [-0.25, -0.2) is 0 Å². The first-order valence-corrected chi connectivity index (χ1v) is 6.46. The third-order valence-corrected chi connectivity index (χ3v) is 3.78. The van der Waals surface area contributed by atoms with Crippen molar-refractivity contribution in [2.45, 2.75) is 0 Å². The number of pyridine rings is 1. The molecule has 0 amide bonds. The molecule has 3 aromatic rings. The van der Waals surface area contributed by atoms with E-state index in [1.807, 2.05) is 30.3 Å². The largest absolute Gasteiger partial charge is 0.382 e. The van der Waals surface area contributed by atoms with Crippen LogP contribution >= 0.6 is 22.9 Å². The van der Waals surface area contributed by atoms with Gasteiger partial charge in [0.15, 0.2) is 5.82 Å². The highest BCUT2D eigenvalue weighted by Crippen LogP contribution is 2.37. The van der Waals surface area contributed by atoms with Gasteiger partial charge in [-0.3, -0.25) is 10.1 Å². The number of nitrogens with one attached hydrogen (secondary N) is 1. The summed E-state index contributed by atoms with van der Waals surface area (Å²) < 4.78 is 0.727. The average Bonchev–Trinajstić information content (AvgIpc) is 2.96. The van der Waals surface area contributed by atoms with Gasteiger partial charge in [0.05, 0.1) is 26.2 Å². The standard InChI is InChI=1S/C12H9ClN4S/c13-9-5-4-8(18-9)11-10(12(14)17-16-11)7-3-1-2-6-15-7/h1-6H,(H3,14,16,17). The highest BCUT2D eigenvalue weighted by molar-refractivity contribution is 7.19. The summed E-state index contributed by atoms with van der Waals surface area (Å²) in [6.45, 7) is 0. The first-order chi connectivity index (χ1) is 8.75. The number of aromatic nitrogens is 3. The molecule has 0 saturated carbocycles. The fraction of sp³-hybridized carbons (Fsp3) is 0. The summed E-state index contributed by atoms with van der Waals surface area (Å²) in [5.41, 5.74) is 8.37. The first-order valence-electron chi connectivity index (χ1n) is 5.26. The summed E-state index contributed by atoms with van der Waals surface area (Å²) in [5.74, 6) is 0.438.